The Kier molecular flexibility index (Phi) is 4.92. The number of ether oxygens (including phenoxy) is 1. The van der Waals surface area contributed by atoms with Crippen LogP contribution in [0.5, 0.6) is 5.88 Å². The molecule has 25 heavy (non-hydrogen) atoms. The zero-order valence-corrected chi connectivity index (χ0v) is 14.9. The molecule has 4 rings (SSSR count). The number of fused-ring (bicyclic) bond motifs is 1. The molecule has 0 atom stereocenters. The zero-order valence-electron chi connectivity index (χ0n) is 14.9. The molecule has 0 amide bonds. The molecular weight excluding hydrogens is 312 g/mol. The molecule has 0 spiro atoms. The van der Waals surface area contributed by atoms with Crippen LogP contribution >= 0.6 is 0 Å². The first-order valence-corrected chi connectivity index (χ1v) is 9.42. The topological polar surface area (TPSA) is 51.1 Å². The summed E-state index contributed by atoms with van der Waals surface area (Å²) in [6.45, 7) is 4.73. The molecule has 5 heteroatoms. The molecule has 2 aliphatic rings. The van der Waals surface area contributed by atoms with Gasteiger partial charge in [-0.25, -0.2) is 15.0 Å². The summed E-state index contributed by atoms with van der Waals surface area (Å²) in [5, 5.41) is 0. The van der Waals surface area contributed by atoms with E-state index in [1.807, 2.05) is 25.4 Å². The van der Waals surface area contributed by atoms with Crippen molar-refractivity contribution in [3.63, 3.8) is 0 Å². The minimum atomic E-state index is 0.334. The van der Waals surface area contributed by atoms with Crippen LogP contribution in [0.3, 0.4) is 0 Å². The van der Waals surface area contributed by atoms with E-state index in [1.54, 1.807) is 0 Å². The van der Waals surface area contributed by atoms with Crippen molar-refractivity contribution in [3.8, 4) is 5.88 Å². The Labute approximate surface area is 149 Å². The molecule has 3 heterocycles. The molecule has 0 radical (unpaired) electrons. The minimum Gasteiger partial charge on any atom is -0.474 e. The molecule has 2 aromatic rings. The summed E-state index contributed by atoms with van der Waals surface area (Å²) in [5.74, 6) is 1.68. The van der Waals surface area contributed by atoms with Crippen molar-refractivity contribution in [1.82, 2.24) is 19.9 Å². The van der Waals surface area contributed by atoms with Gasteiger partial charge in [0.05, 0.1) is 0 Å². The van der Waals surface area contributed by atoms with Crippen molar-refractivity contribution in [2.45, 2.75) is 64.6 Å². The van der Waals surface area contributed by atoms with Crippen LogP contribution < -0.4 is 4.74 Å². The number of hydrogen-bond donors (Lipinski definition) is 0. The molecule has 0 bridgehead atoms. The van der Waals surface area contributed by atoms with Crippen LogP contribution in [0.25, 0.3) is 0 Å². The van der Waals surface area contributed by atoms with Crippen LogP contribution in [0.2, 0.25) is 0 Å². The molecule has 132 valence electrons. The molecule has 1 aliphatic heterocycles. The second-order valence-corrected chi connectivity index (χ2v) is 7.20. The monoisotopic (exact) mass is 338 g/mol. The van der Waals surface area contributed by atoms with Crippen molar-refractivity contribution in [2.75, 3.05) is 6.54 Å². The molecule has 5 nitrogen and oxygen atoms in total. The maximum Gasteiger partial charge on any atom is 0.218 e. The molecule has 0 N–H and O–H groups in total. The molecule has 0 saturated heterocycles. The van der Waals surface area contributed by atoms with Gasteiger partial charge in [0.25, 0.3) is 0 Å². The largest absolute Gasteiger partial charge is 0.474 e. The number of rotatable bonds is 4. The lowest BCUT2D eigenvalue weighted by Crippen LogP contribution is -2.31. The van der Waals surface area contributed by atoms with Crippen molar-refractivity contribution in [1.29, 1.82) is 0 Å². The summed E-state index contributed by atoms with van der Waals surface area (Å²) in [4.78, 5) is 15.9. The SMILES string of the molecule is Cc1ncc2c(n1)CCN(Cc1cccnc1OC1CCCCC1)C2. The average Bonchev–Trinajstić information content (AvgIpc) is 2.64. The lowest BCUT2D eigenvalue weighted by molar-refractivity contribution is 0.143. The number of aryl methyl sites for hydroxylation is 1. The second kappa shape index (κ2) is 7.48. The lowest BCUT2D eigenvalue weighted by atomic mass is 9.98. The Morgan fingerprint density at radius 1 is 1.20 bits per heavy atom. The third-order valence-corrected chi connectivity index (χ3v) is 5.21. The molecule has 2 aromatic heterocycles. The summed E-state index contributed by atoms with van der Waals surface area (Å²) in [5.41, 5.74) is 3.63. The van der Waals surface area contributed by atoms with Gasteiger partial charge in [-0.15, -0.1) is 0 Å². The van der Waals surface area contributed by atoms with E-state index in [4.69, 9.17) is 4.74 Å². The van der Waals surface area contributed by atoms with E-state index in [1.165, 1.54) is 36.1 Å². The van der Waals surface area contributed by atoms with E-state index in [0.29, 0.717) is 6.10 Å². The van der Waals surface area contributed by atoms with Gasteiger partial charge in [-0.2, -0.15) is 0 Å². The quantitative estimate of drug-likeness (QED) is 0.854. The van der Waals surface area contributed by atoms with Gasteiger partial charge >= 0.3 is 0 Å². The lowest BCUT2D eigenvalue weighted by Gasteiger charge is -2.29. The van der Waals surface area contributed by atoms with Crippen molar-refractivity contribution in [3.05, 3.63) is 47.2 Å². The Morgan fingerprint density at radius 3 is 2.96 bits per heavy atom. The molecule has 0 unspecified atom stereocenters. The van der Waals surface area contributed by atoms with Gasteiger partial charge in [-0.3, -0.25) is 4.90 Å². The summed E-state index contributed by atoms with van der Waals surface area (Å²) in [6.07, 6.45) is 11.3. The van der Waals surface area contributed by atoms with Gasteiger partial charge in [0.2, 0.25) is 5.88 Å². The smallest absolute Gasteiger partial charge is 0.218 e. The highest BCUT2D eigenvalue weighted by atomic mass is 16.5. The maximum atomic E-state index is 6.25. The fraction of sp³-hybridized carbons (Fsp3) is 0.550. The third-order valence-electron chi connectivity index (χ3n) is 5.21. The van der Waals surface area contributed by atoms with Gasteiger partial charge in [0.1, 0.15) is 11.9 Å². The molecule has 1 aliphatic carbocycles. The zero-order chi connectivity index (χ0) is 17.1. The first kappa shape index (κ1) is 16.5. The van der Waals surface area contributed by atoms with Crippen molar-refractivity contribution < 1.29 is 4.74 Å². The van der Waals surface area contributed by atoms with Gasteiger partial charge < -0.3 is 4.74 Å². The Bertz CT molecular complexity index is 727. The van der Waals surface area contributed by atoms with Crippen LogP contribution in [-0.2, 0) is 19.5 Å². The number of aromatic nitrogens is 3. The standard InChI is InChI=1S/C20H26N4O/c1-15-22-12-17-14-24(11-9-19(17)23-15)13-16-6-5-10-21-20(16)25-18-7-3-2-4-8-18/h5-6,10,12,18H,2-4,7-9,11,13-14H2,1H3. The van der Waals surface area contributed by atoms with E-state index in [2.05, 4.69) is 25.9 Å². The van der Waals surface area contributed by atoms with E-state index in [0.717, 1.165) is 50.6 Å². The Balaban J connectivity index is 1.45. The second-order valence-electron chi connectivity index (χ2n) is 7.20. The first-order chi connectivity index (χ1) is 12.3. The van der Waals surface area contributed by atoms with E-state index in [-0.39, 0.29) is 0 Å². The highest BCUT2D eigenvalue weighted by Gasteiger charge is 2.21. The molecular formula is C20H26N4O. The fourth-order valence-corrected chi connectivity index (χ4v) is 3.84. The molecule has 0 aromatic carbocycles. The third kappa shape index (κ3) is 3.98. The Hall–Kier alpha value is -2.01. The van der Waals surface area contributed by atoms with Crippen LogP contribution in [0.4, 0.5) is 0 Å². The van der Waals surface area contributed by atoms with E-state index in [9.17, 15) is 0 Å². The van der Waals surface area contributed by atoms with Crippen LogP contribution in [-0.4, -0.2) is 32.5 Å². The predicted molar refractivity (Wildman–Crippen MR) is 96.3 cm³/mol. The van der Waals surface area contributed by atoms with Gasteiger partial charge in [-0.05, 0) is 38.7 Å². The van der Waals surface area contributed by atoms with Gasteiger partial charge in [0.15, 0.2) is 0 Å². The molecule has 1 saturated carbocycles. The van der Waals surface area contributed by atoms with Gasteiger partial charge in [0, 0.05) is 55.3 Å². The van der Waals surface area contributed by atoms with Crippen LogP contribution in [0.1, 0.15) is 54.7 Å². The van der Waals surface area contributed by atoms with Crippen LogP contribution in [0, 0.1) is 6.92 Å². The van der Waals surface area contributed by atoms with Gasteiger partial charge in [-0.1, -0.05) is 12.5 Å². The maximum absolute atomic E-state index is 6.25. The predicted octanol–water partition coefficient (Wildman–Crippen LogP) is 3.45. The van der Waals surface area contributed by atoms with Crippen LogP contribution in [0.15, 0.2) is 24.5 Å². The van der Waals surface area contributed by atoms with Crippen molar-refractivity contribution in [2.24, 2.45) is 0 Å². The first-order valence-electron chi connectivity index (χ1n) is 9.42. The Morgan fingerprint density at radius 2 is 2.08 bits per heavy atom. The minimum absolute atomic E-state index is 0.334. The highest BCUT2D eigenvalue weighted by molar-refractivity contribution is 5.27. The highest BCUT2D eigenvalue weighted by Crippen LogP contribution is 2.26. The number of hydrogen-bond acceptors (Lipinski definition) is 5. The fourth-order valence-electron chi connectivity index (χ4n) is 3.84. The summed E-state index contributed by atoms with van der Waals surface area (Å²) < 4.78 is 6.25. The van der Waals surface area contributed by atoms with Crippen molar-refractivity contribution >= 4 is 0 Å². The van der Waals surface area contributed by atoms with E-state index >= 15 is 0 Å². The number of nitrogens with zero attached hydrogens (tertiary/aromatic N) is 4. The average molecular weight is 338 g/mol. The molecule has 1 fully saturated rings. The summed E-state index contributed by atoms with van der Waals surface area (Å²) in [6, 6.07) is 4.15. The summed E-state index contributed by atoms with van der Waals surface area (Å²) >= 11 is 0. The number of pyridine rings is 1. The normalized spacial score (nSPS) is 18.8. The summed E-state index contributed by atoms with van der Waals surface area (Å²) in [7, 11) is 0. The van der Waals surface area contributed by atoms with E-state index < -0.39 is 0 Å².